The van der Waals surface area contributed by atoms with E-state index in [4.69, 9.17) is 0 Å². The number of amides is 1. The standard InChI is InChI=1S/C9H13N3O/c1-6-5-8(7(2)11-10-6)9(13)12(3)4/h5H,1-4H3. The Balaban J connectivity index is 3.13. The summed E-state index contributed by atoms with van der Waals surface area (Å²) >= 11 is 0. The largest absolute Gasteiger partial charge is 0.345 e. The molecule has 0 N–H and O–H groups in total. The summed E-state index contributed by atoms with van der Waals surface area (Å²) in [6, 6.07) is 1.75. The van der Waals surface area contributed by atoms with E-state index >= 15 is 0 Å². The lowest BCUT2D eigenvalue weighted by molar-refractivity contribution is 0.0826. The molecule has 0 radical (unpaired) electrons. The first kappa shape index (κ1) is 9.64. The quantitative estimate of drug-likeness (QED) is 0.640. The fourth-order valence-corrected chi connectivity index (χ4v) is 1.01. The van der Waals surface area contributed by atoms with Crippen molar-refractivity contribution in [3.8, 4) is 0 Å². The molecular weight excluding hydrogens is 166 g/mol. The van der Waals surface area contributed by atoms with Crippen LogP contribution in [-0.2, 0) is 0 Å². The SMILES string of the molecule is Cc1cc(C(=O)N(C)C)c(C)nn1. The van der Waals surface area contributed by atoms with Crippen molar-refractivity contribution in [1.82, 2.24) is 15.1 Å². The van der Waals surface area contributed by atoms with Crippen LogP contribution in [0.4, 0.5) is 0 Å². The zero-order valence-electron chi connectivity index (χ0n) is 8.33. The Kier molecular flexibility index (Phi) is 2.60. The number of carbonyl (C=O) groups is 1. The fraction of sp³-hybridized carbons (Fsp3) is 0.444. The van der Waals surface area contributed by atoms with Crippen LogP contribution in [0.1, 0.15) is 21.7 Å². The van der Waals surface area contributed by atoms with Crippen molar-refractivity contribution in [3.05, 3.63) is 23.0 Å². The second kappa shape index (κ2) is 3.51. The van der Waals surface area contributed by atoms with E-state index in [2.05, 4.69) is 10.2 Å². The van der Waals surface area contributed by atoms with Crippen LogP contribution in [-0.4, -0.2) is 35.1 Å². The molecule has 0 saturated carbocycles. The second-order valence-electron chi connectivity index (χ2n) is 3.18. The zero-order chi connectivity index (χ0) is 10.0. The Morgan fingerprint density at radius 1 is 1.31 bits per heavy atom. The van der Waals surface area contributed by atoms with Crippen LogP contribution in [0.5, 0.6) is 0 Å². The molecule has 0 spiro atoms. The maximum Gasteiger partial charge on any atom is 0.255 e. The molecule has 0 bridgehead atoms. The van der Waals surface area contributed by atoms with Crippen molar-refractivity contribution in [2.45, 2.75) is 13.8 Å². The predicted octanol–water partition coefficient (Wildman–Crippen LogP) is 0.795. The molecule has 0 fully saturated rings. The van der Waals surface area contributed by atoms with Gasteiger partial charge < -0.3 is 4.90 Å². The molecular formula is C9H13N3O. The highest BCUT2D eigenvalue weighted by Crippen LogP contribution is 2.06. The smallest absolute Gasteiger partial charge is 0.255 e. The minimum absolute atomic E-state index is 0.0319. The first-order valence-corrected chi connectivity index (χ1v) is 4.05. The first-order chi connectivity index (χ1) is 6.02. The van der Waals surface area contributed by atoms with E-state index < -0.39 is 0 Å². The van der Waals surface area contributed by atoms with E-state index in [1.54, 1.807) is 27.1 Å². The van der Waals surface area contributed by atoms with Gasteiger partial charge in [-0.1, -0.05) is 0 Å². The van der Waals surface area contributed by atoms with Crippen molar-refractivity contribution < 1.29 is 4.79 Å². The minimum Gasteiger partial charge on any atom is -0.345 e. The van der Waals surface area contributed by atoms with Crippen LogP contribution >= 0.6 is 0 Å². The van der Waals surface area contributed by atoms with E-state index in [1.165, 1.54) is 4.90 Å². The number of carbonyl (C=O) groups excluding carboxylic acids is 1. The summed E-state index contributed by atoms with van der Waals surface area (Å²) in [5.74, 6) is -0.0319. The fourth-order valence-electron chi connectivity index (χ4n) is 1.01. The lowest BCUT2D eigenvalue weighted by Crippen LogP contribution is -2.23. The predicted molar refractivity (Wildman–Crippen MR) is 49.5 cm³/mol. The molecule has 70 valence electrons. The molecule has 1 rings (SSSR count). The molecule has 0 aliphatic rings. The number of hydrogen-bond donors (Lipinski definition) is 0. The summed E-state index contributed by atoms with van der Waals surface area (Å²) in [6.07, 6.45) is 0. The number of aryl methyl sites for hydroxylation is 2. The van der Waals surface area contributed by atoms with Crippen LogP contribution in [0.15, 0.2) is 6.07 Å². The lowest BCUT2D eigenvalue weighted by atomic mass is 10.2. The average Bonchev–Trinajstić information content (AvgIpc) is 2.08. The molecule has 13 heavy (non-hydrogen) atoms. The monoisotopic (exact) mass is 179 g/mol. The van der Waals surface area contributed by atoms with Crippen molar-refractivity contribution in [1.29, 1.82) is 0 Å². The van der Waals surface area contributed by atoms with Gasteiger partial charge in [-0.3, -0.25) is 4.79 Å². The molecule has 1 aromatic rings. The Labute approximate surface area is 77.6 Å². The highest BCUT2D eigenvalue weighted by Gasteiger charge is 2.12. The summed E-state index contributed by atoms with van der Waals surface area (Å²) < 4.78 is 0. The van der Waals surface area contributed by atoms with E-state index in [0.29, 0.717) is 11.3 Å². The minimum atomic E-state index is -0.0319. The summed E-state index contributed by atoms with van der Waals surface area (Å²) in [5.41, 5.74) is 2.05. The Hall–Kier alpha value is -1.45. The normalized spacial score (nSPS) is 9.85. The van der Waals surface area contributed by atoms with Gasteiger partial charge in [-0.25, -0.2) is 0 Å². The van der Waals surface area contributed by atoms with Crippen LogP contribution in [0, 0.1) is 13.8 Å². The number of rotatable bonds is 1. The second-order valence-corrected chi connectivity index (χ2v) is 3.18. The summed E-state index contributed by atoms with van der Waals surface area (Å²) in [5, 5.41) is 7.74. The average molecular weight is 179 g/mol. The summed E-state index contributed by atoms with van der Waals surface area (Å²) in [6.45, 7) is 3.60. The molecule has 4 heteroatoms. The molecule has 0 atom stereocenters. The number of nitrogens with zero attached hydrogens (tertiary/aromatic N) is 3. The van der Waals surface area contributed by atoms with Crippen LogP contribution in [0.25, 0.3) is 0 Å². The van der Waals surface area contributed by atoms with Crippen LogP contribution < -0.4 is 0 Å². The third-order valence-corrected chi connectivity index (χ3v) is 1.74. The van der Waals surface area contributed by atoms with Gasteiger partial charge in [0.05, 0.1) is 17.0 Å². The Morgan fingerprint density at radius 3 is 2.46 bits per heavy atom. The van der Waals surface area contributed by atoms with Gasteiger partial charge in [-0.05, 0) is 19.9 Å². The number of hydrogen-bond acceptors (Lipinski definition) is 3. The van der Waals surface area contributed by atoms with Crippen molar-refractivity contribution in [2.75, 3.05) is 14.1 Å². The maximum atomic E-state index is 11.6. The van der Waals surface area contributed by atoms with Gasteiger partial charge in [-0.15, -0.1) is 0 Å². The molecule has 1 aromatic heterocycles. The van der Waals surface area contributed by atoms with E-state index in [1.807, 2.05) is 6.92 Å². The highest BCUT2D eigenvalue weighted by atomic mass is 16.2. The first-order valence-electron chi connectivity index (χ1n) is 4.05. The van der Waals surface area contributed by atoms with E-state index in [9.17, 15) is 4.79 Å². The molecule has 4 nitrogen and oxygen atoms in total. The third-order valence-electron chi connectivity index (χ3n) is 1.74. The number of aromatic nitrogens is 2. The molecule has 0 aromatic carbocycles. The molecule has 0 aliphatic heterocycles. The molecule has 1 heterocycles. The Bertz CT molecular complexity index is 334. The molecule has 0 aliphatic carbocycles. The van der Waals surface area contributed by atoms with Gasteiger partial charge in [0, 0.05) is 14.1 Å². The van der Waals surface area contributed by atoms with Gasteiger partial charge in [0.1, 0.15) is 0 Å². The van der Waals surface area contributed by atoms with Gasteiger partial charge in [-0.2, -0.15) is 10.2 Å². The molecule has 0 saturated heterocycles. The van der Waals surface area contributed by atoms with E-state index in [-0.39, 0.29) is 5.91 Å². The van der Waals surface area contributed by atoms with Gasteiger partial charge >= 0.3 is 0 Å². The highest BCUT2D eigenvalue weighted by molar-refractivity contribution is 5.94. The summed E-state index contributed by atoms with van der Waals surface area (Å²) in [7, 11) is 3.44. The third kappa shape index (κ3) is 2.02. The van der Waals surface area contributed by atoms with Crippen LogP contribution in [0.3, 0.4) is 0 Å². The maximum absolute atomic E-state index is 11.6. The van der Waals surface area contributed by atoms with Crippen LogP contribution in [0.2, 0.25) is 0 Å². The van der Waals surface area contributed by atoms with Crippen molar-refractivity contribution in [2.24, 2.45) is 0 Å². The van der Waals surface area contributed by atoms with Gasteiger partial charge in [0.15, 0.2) is 0 Å². The van der Waals surface area contributed by atoms with Gasteiger partial charge in [0.2, 0.25) is 0 Å². The van der Waals surface area contributed by atoms with E-state index in [0.717, 1.165) is 5.69 Å². The topological polar surface area (TPSA) is 46.1 Å². The van der Waals surface area contributed by atoms with Gasteiger partial charge in [0.25, 0.3) is 5.91 Å². The molecule has 0 unspecified atom stereocenters. The van der Waals surface area contributed by atoms with Crippen molar-refractivity contribution in [3.63, 3.8) is 0 Å². The molecule has 1 amide bonds. The lowest BCUT2D eigenvalue weighted by Gasteiger charge is -2.11. The summed E-state index contributed by atoms with van der Waals surface area (Å²) in [4.78, 5) is 13.1. The Morgan fingerprint density at radius 2 is 1.92 bits per heavy atom. The zero-order valence-corrected chi connectivity index (χ0v) is 8.33. The van der Waals surface area contributed by atoms with Crippen molar-refractivity contribution >= 4 is 5.91 Å².